The average molecular weight is 409 g/mol. The Labute approximate surface area is 180 Å². The van der Waals surface area contributed by atoms with E-state index >= 15 is 0 Å². The molecule has 2 aliphatic rings. The Hall–Kier alpha value is -3.67. The second kappa shape index (κ2) is 7.23. The van der Waals surface area contributed by atoms with Crippen molar-refractivity contribution in [2.45, 2.75) is 25.8 Å². The van der Waals surface area contributed by atoms with Gasteiger partial charge in [0.1, 0.15) is 5.69 Å². The maximum atomic E-state index is 13.1. The normalized spacial score (nSPS) is 16.2. The zero-order valence-electron chi connectivity index (χ0n) is 17.2. The van der Waals surface area contributed by atoms with Crippen molar-refractivity contribution in [1.29, 1.82) is 0 Å². The number of nitrogens with one attached hydrogen (secondary N) is 1. The molecule has 154 valence electrons. The number of hydrogen-bond acceptors (Lipinski definition) is 4. The predicted molar refractivity (Wildman–Crippen MR) is 122 cm³/mol. The predicted octanol–water partition coefficient (Wildman–Crippen LogP) is 4.78. The van der Waals surface area contributed by atoms with Gasteiger partial charge in [-0.2, -0.15) is 0 Å². The first kappa shape index (κ1) is 18.1. The topological polar surface area (TPSA) is 65.1 Å². The van der Waals surface area contributed by atoms with Gasteiger partial charge in [-0.05, 0) is 73.4 Å². The molecule has 6 nitrogen and oxygen atoms in total. The Kier molecular flexibility index (Phi) is 4.23. The number of aromatic nitrogens is 3. The molecule has 0 aliphatic carbocycles. The minimum atomic E-state index is 0.0556. The second-order valence-electron chi connectivity index (χ2n) is 8.28. The molecular weight excluding hydrogens is 386 g/mol. The van der Waals surface area contributed by atoms with Crippen LogP contribution in [0.15, 0.2) is 60.8 Å². The Morgan fingerprint density at radius 1 is 0.903 bits per heavy atom. The summed E-state index contributed by atoms with van der Waals surface area (Å²) in [6, 6.07) is 18.0. The number of aromatic amines is 1. The van der Waals surface area contributed by atoms with E-state index in [-0.39, 0.29) is 5.91 Å². The molecule has 31 heavy (non-hydrogen) atoms. The molecule has 2 aromatic carbocycles. The SMILES string of the molecule is O=C1c2ccc(N3CCCCC3)cc2CN1c1ccc2[nH]c(-c3ccccn3)nc2c1. The molecule has 0 spiro atoms. The van der Waals surface area contributed by atoms with E-state index in [1.807, 2.05) is 47.4 Å². The molecule has 1 amide bonds. The van der Waals surface area contributed by atoms with Crippen LogP contribution in [0.3, 0.4) is 0 Å². The van der Waals surface area contributed by atoms with Crippen LogP contribution in [0.2, 0.25) is 0 Å². The van der Waals surface area contributed by atoms with E-state index in [4.69, 9.17) is 4.98 Å². The number of piperidine rings is 1. The molecule has 0 radical (unpaired) electrons. The fourth-order valence-electron chi connectivity index (χ4n) is 4.65. The Bertz CT molecular complexity index is 1270. The number of hydrogen-bond donors (Lipinski definition) is 1. The molecule has 2 aromatic heterocycles. The summed E-state index contributed by atoms with van der Waals surface area (Å²) in [5, 5.41) is 0. The third kappa shape index (κ3) is 3.15. The van der Waals surface area contributed by atoms with Gasteiger partial charge in [-0.3, -0.25) is 9.78 Å². The van der Waals surface area contributed by atoms with Crippen LogP contribution in [0.25, 0.3) is 22.6 Å². The van der Waals surface area contributed by atoms with Gasteiger partial charge in [0.05, 0.1) is 17.6 Å². The van der Waals surface area contributed by atoms with Crippen LogP contribution in [-0.2, 0) is 6.54 Å². The lowest BCUT2D eigenvalue weighted by molar-refractivity contribution is 0.0996. The third-order valence-electron chi connectivity index (χ3n) is 6.30. The van der Waals surface area contributed by atoms with Crippen molar-refractivity contribution < 1.29 is 4.79 Å². The number of carbonyl (C=O) groups is 1. The van der Waals surface area contributed by atoms with E-state index in [1.54, 1.807) is 6.20 Å². The van der Waals surface area contributed by atoms with Crippen molar-refractivity contribution >= 4 is 28.3 Å². The van der Waals surface area contributed by atoms with Crippen LogP contribution >= 0.6 is 0 Å². The number of benzene rings is 2. The smallest absolute Gasteiger partial charge is 0.258 e. The van der Waals surface area contributed by atoms with Gasteiger partial charge in [-0.1, -0.05) is 6.07 Å². The molecule has 0 saturated carbocycles. The fraction of sp³-hybridized carbons (Fsp3) is 0.240. The first-order chi connectivity index (χ1) is 15.3. The third-order valence-corrected chi connectivity index (χ3v) is 6.30. The van der Waals surface area contributed by atoms with Gasteiger partial charge in [0, 0.05) is 36.2 Å². The number of anilines is 2. The monoisotopic (exact) mass is 409 g/mol. The first-order valence-corrected chi connectivity index (χ1v) is 10.9. The number of pyridine rings is 1. The average Bonchev–Trinajstić information content (AvgIpc) is 3.40. The molecule has 2 aliphatic heterocycles. The van der Waals surface area contributed by atoms with Gasteiger partial charge in [0.15, 0.2) is 5.82 Å². The summed E-state index contributed by atoms with van der Waals surface area (Å²) in [7, 11) is 0. The van der Waals surface area contributed by atoms with Gasteiger partial charge < -0.3 is 14.8 Å². The van der Waals surface area contributed by atoms with Crippen molar-refractivity contribution in [3.63, 3.8) is 0 Å². The van der Waals surface area contributed by atoms with Gasteiger partial charge >= 0.3 is 0 Å². The van der Waals surface area contributed by atoms with Crippen LogP contribution in [0.1, 0.15) is 35.2 Å². The molecule has 1 fully saturated rings. The molecule has 1 saturated heterocycles. The first-order valence-electron chi connectivity index (χ1n) is 10.9. The second-order valence-corrected chi connectivity index (χ2v) is 8.28. The van der Waals surface area contributed by atoms with Crippen LogP contribution in [-0.4, -0.2) is 33.9 Å². The fourth-order valence-corrected chi connectivity index (χ4v) is 4.65. The van der Waals surface area contributed by atoms with Gasteiger partial charge in [-0.15, -0.1) is 0 Å². The number of H-pyrrole nitrogens is 1. The summed E-state index contributed by atoms with van der Waals surface area (Å²) >= 11 is 0. The highest BCUT2D eigenvalue weighted by atomic mass is 16.2. The van der Waals surface area contributed by atoms with Crippen LogP contribution in [0.5, 0.6) is 0 Å². The number of nitrogens with zero attached hydrogens (tertiary/aromatic N) is 4. The zero-order valence-corrected chi connectivity index (χ0v) is 17.2. The van der Waals surface area contributed by atoms with Crippen molar-refractivity contribution in [2.24, 2.45) is 0 Å². The highest BCUT2D eigenvalue weighted by Crippen LogP contribution is 2.33. The minimum absolute atomic E-state index is 0.0556. The molecule has 0 atom stereocenters. The van der Waals surface area contributed by atoms with Crippen molar-refractivity contribution in [3.8, 4) is 11.5 Å². The van der Waals surface area contributed by atoms with E-state index in [0.717, 1.165) is 52.5 Å². The summed E-state index contributed by atoms with van der Waals surface area (Å²) in [6.45, 7) is 2.80. The summed E-state index contributed by atoms with van der Waals surface area (Å²) in [6.07, 6.45) is 5.55. The number of carbonyl (C=O) groups excluding carboxylic acids is 1. The lowest BCUT2D eigenvalue weighted by Gasteiger charge is -2.29. The number of rotatable bonds is 3. The number of amides is 1. The van der Waals surface area contributed by atoms with Gasteiger partial charge in [-0.25, -0.2) is 4.98 Å². The molecule has 6 heteroatoms. The quantitative estimate of drug-likeness (QED) is 0.529. The highest BCUT2D eigenvalue weighted by molar-refractivity contribution is 6.10. The number of imidazole rings is 1. The molecule has 4 heterocycles. The lowest BCUT2D eigenvalue weighted by atomic mass is 10.1. The lowest BCUT2D eigenvalue weighted by Crippen LogP contribution is -2.29. The summed E-state index contributed by atoms with van der Waals surface area (Å²) < 4.78 is 0. The summed E-state index contributed by atoms with van der Waals surface area (Å²) in [4.78, 5) is 29.8. The molecular formula is C25H23N5O. The Morgan fingerprint density at radius 3 is 2.61 bits per heavy atom. The van der Waals surface area contributed by atoms with Crippen molar-refractivity contribution in [3.05, 3.63) is 71.9 Å². The van der Waals surface area contributed by atoms with E-state index in [1.165, 1.54) is 24.9 Å². The van der Waals surface area contributed by atoms with Gasteiger partial charge in [0.2, 0.25) is 0 Å². The van der Waals surface area contributed by atoms with Crippen LogP contribution in [0.4, 0.5) is 11.4 Å². The standard InChI is InChI=1S/C25H23N5O/c31-25-20-9-7-18(29-12-4-1-5-13-29)14-17(20)16-30(25)19-8-10-21-23(15-19)28-24(27-21)22-6-2-3-11-26-22/h2-3,6-11,14-15H,1,4-5,12-13,16H2,(H,27,28). The maximum Gasteiger partial charge on any atom is 0.258 e. The van der Waals surface area contributed by atoms with Crippen LogP contribution in [0, 0.1) is 0 Å². The molecule has 6 rings (SSSR count). The van der Waals surface area contributed by atoms with Crippen LogP contribution < -0.4 is 9.80 Å². The van der Waals surface area contributed by atoms with E-state index < -0.39 is 0 Å². The largest absolute Gasteiger partial charge is 0.372 e. The van der Waals surface area contributed by atoms with E-state index in [9.17, 15) is 4.79 Å². The molecule has 1 N–H and O–H groups in total. The minimum Gasteiger partial charge on any atom is -0.372 e. The van der Waals surface area contributed by atoms with E-state index in [2.05, 4.69) is 27.0 Å². The van der Waals surface area contributed by atoms with Crippen molar-refractivity contribution in [1.82, 2.24) is 15.0 Å². The molecule has 4 aromatic rings. The number of fused-ring (bicyclic) bond motifs is 2. The van der Waals surface area contributed by atoms with Crippen molar-refractivity contribution in [2.75, 3.05) is 22.9 Å². The molecule has 0 bridgehead atoms. The summed E-state index contributed by atoms with van der Waals surface area (Å²) in [5.41, 5.74) is 6.57. The zero-order chi connectivity index (χ0) is 20.8. The van der Waals surface area contributed by atoms with Gasteiger partial charge in [0.25, 0.3) is 5.91 Å². The van der Waals surface area contributed by atoms with E-state index in [0.29, 0.717) is 6.54 Å². The molecule has 0 unspecified atom stereocenters. The Morgan fingerprint density at radius 2 is 1.77 bits per heavy atom. The Balaban J connectivity index is 1.30. The summed E-state index contributed by atoms with van der Waals surface area (Å²) in [5.74, 6) is 0.787. The highest BCUT2D eigenvalue weighted by Gasteiger charge is 2.29. The maximum absolute atomic E-state index is 13.1.